The number of allylic oxidation sites excluding steroid dienone is 4. The maximum Gasteiger partial charge on any atom is 0.0767 e. The number of hydrogen-bond acceptors (Lipinski definition) is 1. The summed E-state index contributed by atoms with van der Waals surface area (Å²) in [5.41, 5.74) is 6.29. The third kappa shape index (κ3) is 4.48. The van der Waals surface area contributed by atoms with Gasteiger partial charge in [0.2, 0.25) is 0 Å². The molecule has 1 aliphatic carbocycles. The largest absolute Gasteiger partial charge is 0.389 e. The molecule has 2 rings (SSSR count). The Morgan fingerprint density at radius 1 is 1.11 bits per heavy atom. The monoisotopic (exact) mass is 334 g/mol. The Balaban J connectivity index is 0. The van der Waals surface area contributed by atoms with Crippen LogP contribution in [0.2, 0.25) is 0 Å². The predicted octanol–water partition coefficient (Wildman–Crippen LogP) is 4.70. The fourth-order valence-corrected chi connectivity index (χ4v) is 2.25. The Bertz CT molecular complexity index is 479. The second kappa shape index (κ2) is 8.99. The van der Waals surface area contributed by atoms with Crippen LogP contribution >= 0.6 is 24.8 Å². The summed E-state index contributed by atoms with van der Waals surface area (Å²) in [7, 11) is 0. The standard InChI is InChI=1S/C15H18O.2ClH.Ti/c1-10-8-9-13(11(10)2)15-7-5-4-6-14(15)12(3)16;;;/h4-8,12,16H,9H2,1-3H3;2*1H;. The number of aliphatic hydroxyl groups is 1. The summed E-state index contributed by atoms with van der Waals surface area (Å²) >= 11 is 0. The quantitative estimate of drug-likeness (QED) is 0.777. The Morgan fingerprint density at radius 3 is 2.16 bits per heavy atom. The van der Waals surface area contributed by atoms with E-state index in [1.807, 2.05) is 25.1 Å². The van der Waals surface area contributed by atoms with E-state index in [0.717, 1.165) is 12.0 Å². The molecule has 0 spiro atoms. The molecular formula is C15H20Cl2OTi. The molecule has 0 fully saturated rings. The molecule has 0 amide bonds. The van der Waals surface area contributed by atoms with Gasteiger partial charge in [-0.25, -0.2) is 0 Å². The minimum Gasteiger partial charge on any atom is -0.389 e. The van der Waals surface area contributed by atoms with Crippen LogP contribution in [0.3, 0.4) is 0 Å². The van der Waals surface area contributed by atoms with Gasteiger partial charge in [-0.3, -0.25) is 0 Å². The van der Waals surface area contributed by atoms with E-state index < -0.39 is 6.10 Å². The summed E-state index contributed by atoms with van der Waals surface area (Å²) in [5.74, 6) is 0. The first-order chi connectivity index (χ1) is 7.61. The molecule has 0 radical (unpaired) electrons. The van der Waals surface area contributed by atoms with Gasteiger partial charge in [0.1, 0.15) is 0 Å². The zero-order chi connectivity index (χ0) is 11.7. The van der Waals surface area contributed by atoms with Crippen molar-refractivity contribution in [1.29, 1.82) is 0 Å². The normalized spacial score (nSPS) is 14.8. The van der Waals surface area contributed by atoms with E-state index in [2.05, 4.69) is 26.0 Å². The van der Waals surface area contributed by atoms with Crippen LogP contribution in [-0.2, 0) is 21.7 Å². The molecule has 4 heteroatoms. The molecule has 0 bridgehead atoms. The first kappa shape index (κ1) is 21.3. The Kier molecular flexibility index (Phi) is 10.1. The van der Waals surface area contributed by atoms with Crippen molar-refractivity contribution < 1.29 is 26.8 Å². The third-order valence-corrected chi connectivity index (χ3v) is 3.39. The smallest absolute Gasteiger partial charge is 0.0767 e. The third-order valence-electron chi connectivity index (χ3n) is 3.39. The summed E-state index contributed by atoms with van der Waals surface area (Å²) in [6, 6.07) is 8.13. The summed E-state index contributed by atoms with van der Waals surface area (Å²) in [6.45, 7) is 6.13. The number of hydrogen-bond donors (Lipinski definition) is 1. The maximum atomic E-state index is 9.78. The minimum atomic E-state index is -0.405. The molecular weight excluding hydrogens is 315 g/mol. The summed E-state index contributed by atoms with van der Waals surface area (Å²) in [6.07, 6.45) is 2.84. The molecule has 0 aromatic heterocycles. The van der Waals surface area contributed by atoms with Gasteiger partial charge in [0.05, 0.1) is 6.10 Å². The van der Waals surface area contributed by atoms with E-state index in [-0.39, 0.29) is 46.5 Å². The van der Waals surface area contributed by atoms with Crippen molar-refractivity contribution in [2.24, 2.45) is 0 Å². The second-order valence-electron chi connectivity index (χ2n) is 4.46. The van der Waals surface area contributed by atoms with Crippen LogP contribution in [0.15, 0.2) is 41.5 Å². The van der Waals surface area contributed by atoms with Crippen molar-refractivity contribution in [3.8, 4) is 0 Å². The molecule has 1 unspecified atom stereocenters. The molecule has 1 atom stereocenters. The topological polar surface area (TPSA) is 20.2 Å². The van der Waals surface area contributed by atoms with Gasteiger partial charge in [-0.1, -0.05) is 35.9 Å². The van der Waals surface area contributed by atoms with Crippen LogP contribution in [0, 0.1) is 0 Å². The van der Waals surface area contributed by atoms with Gasteiger partial charge >= 0.3 is 0 Å². The van der Waals surface area contributed by atoms with Crippen LogP contribution in [-0.4, -0.2) is 5.11 Å². The summed E-state index contributed by atoms with van der Waals surface area (Å²) in [5, 5.41) is 9.78. The molecule has 1 nitrogen and oxygen atoms in total. The zero-order valence-corrected chi connectivity index (χ0v) is 14.6. The summed E-state index contributed by atoms with van der Waals surface area (Å²) < 4.78 is 0. The average Bonchev–Trinajstić information content (AvgIpc) is 2.60. The van der Waals surface area contributed by atoms with Crippen LogP contribution in [0.25, 0.3) is 5.57 Å². The number of halogens is 2. The molecule has 104 valence electrons. The fraction of sp³-hybridized carbons (Fsp3) is 0.333. The number of aliphatic hydroxyl groups excluding tert-OH is 1. The van der Waals surface area contributed by atoms with Crippen LogP contribution in [0.4, 0.5) is 0 Å². The molecule has 0 saturated carbocycles. The molecule has 19 heavy (non-hydrogen) atoms. The first-order valence-electron chi connectivity index (χ1n) is 5.75. The van der Waals surface area contributed by atoms with E-state index >= 15 is 0 Å². The zero-order valence-electron chi connectivity index (χ0n) is 11.4. The Labute approximate surface area is 142 Å². The first-order valence-corrected chi connectivity index (χ1v) is 5.75. The molecule has 0 saturated heterocycles. The average molecular weight is 335 g/mol. The van der Waals surface area contributed by atoms with Crippen molar-refractivity contribution in [3.05, 3.63) is 52.6 Å². The van der Waals surface area contributed by atoms with Gasteiger partial charge in [0.15, 0.2) is 0 Å². The minimum absolute atomic E-state index is 0. The van der Waals surface area contributed by atoms with E-state index in [9.17, 15) is 5.11 Å². The van der Waals surface area contributed by atoms with Crippen molar-refractivity contribution >= 4 is 30.4 Å². The molecule has 1 aliphatic rings. The van der Waals surface area contributed by atoms with Crippen LogP contribution in [0.1, 0.15) is 44.4 Å². The van der Waals surface area contributed by atoms with E-state index in [1.54, 1.807) is 0 Å². The van der Waals surface area contributed by atoms with Crippen LogP contribution < -0.4 is 0 Å². The fourth-order valence-electron chi connectivity index (χ4n) is 2.25. The van der Waals surface area contributed by atoms with Gasteiger partial charge in [-0.15, -0.1) is 24.8 Å². The molecule has 0 heterocycles. The SMILES string of the molecule is CC1=CCC(c2ccccc2C(C)O)=C1C.Cl.Cl.[Ti]. The van der Waals surface area contributed by atoms with Crippen molar-refractivity contribution in [1.82, 2.24) is 0 Å². The van der Waals surface area contributed by atoms with E-state index in [4.69, 9.17) is 0 Å². The Hall–Kier alpha value is -0.0457. The van der Waals surface area contributed by atoms with E-state index in [1.165, 1.54) is 22.3 Å². The number of rotatable bonds is 2. The van der Waals surface area contributed by atoms with E-state index in [0.29, 0.717) is 0 Å². The van der Waals surface area contributed by atoms with Gasteiger partial charge in [0, 0.05) is 21.7 Å². The van der Waals surface area contributed by atoms with Gasteiger partial charge in [-0.2, -0.15) is 0 Å². The van der Waals surface area contributed by atoms with Crippen molar-refractivity contribution in [3.63, 3.8) is 0 Å². The Morgan fingerprint density at radius 2 is 1.68 bits per heavy atom. The van der Waals surface area contributed by atoms with Crippen LogP contribution in [0.5, 0.6) is 0 Å². The number of benzene rings is 1. The molecule has 0 aliphatic heterocycles. The maximum absolute atomic E-state index is 9.78. The summed E-state index contributed by atoms with van der Waals surface area (Å²) in [4.78, 5) is 0. The molecule has 1 aromatic carbocycles. The van der Waals surface area contributed by atoms with Gasteiger partial charge in [0.25, 0.3) is 0 Å². The molecule has 1 N–H and O–H groups in total. The predicted molar refractivity (Wildman–Crippen MR) is 82.5 cm³/mol. The van der Waals surface area contributed by atoms with Gasteiger partial charge in [-0.05, 0) is 49.5 Å². The van der Waals surface area contributed by atoms with Crippen molar-refractivity contribution in [2.45, 2.75) is 33.3 Å². The second-order valence-corrected chi connectivity index (χ2v) is 4.46. The van der Waals surface area contributed by atoms with Gasteiger partial charge < -0.3 is 5.11 Å². The van der Waals surface area contributed by atoms with Crippen molar-refractivity contribution in [2.75, 3.05) is 0 Å². The molecule has 1 aromatic rings.